The summed E-state index contributed by atoms with van der Waals surface area (Å²) in [5.41, 5.74) is 9.61. The van der Waals surface area contributed by atoms with Crippen LogP contribution in [0.15, 0.2) is 30.6 Å². The van der Waals surface area contributed by atoms with Gasteiger partial charge in [-0.15, -0.1) is 0 Å². The van der Waals surface area contributed by atoms with Crippen molar-refractivity contribution in [2.75, 3.05) is 17.2 Å². The molecule has 1 aromatic carbocycles. The molecule has 0 spiro atoms. The molecule has 4 heteroatoms. The molecule has 0 saturated heterocycles. The molecule has 0 radical (unpaired) electrons. The second kappa shape index (κ2) is 4.96. The van der Waals surface area contributed by atoms with Crippen LogP contribution in [-0.4, -0.2) is 16.1 Å². The van der Waals surface area contributed by atoms with Crippen LogP contribution in [0.1, 0.15) is 24.5 Å². The predicted octanol–water partition coefficient (Wildman–Crippen LogP) is 2.44. The molecule has 0 bridgehead atoms. The number of fused-ring (bicyclic) bond motifs is 1. The molecule has 100 valence electrons. The molecule has 2 N–H and O–H groups in total. The van der Waals surface area contributed by atoms with Crippen LogP contribution >= 0.6 is 0 Å². The first-order chi connectivity index (χ1) is 9.29. The van der Waals surface area contributed by atoms with Gasteiger partial charge in [-0.05, 0) is 30.0 Å². The maximum atomic E-state index is 6.04. The van der Waals surface area contributed by atoms with Crippen LogP contribution in [0.25, 0.3) is 0 Å². The van der Waals surface area contributed by atoms with Crippen LogP contribution in [0, 0.1) is 0 Å². The molecule has 0 atom stereocenters. The van der Waals surface area contributed by atoms with Crippen molar-refractivity contribution >= 4 is 11.6 Å². The summed E-state index contributed by atoms with van der Waals surface area (Å²) in [6, 6.07) is 6.20. The zero-order valence-corrected chi connectivity index (χ0v) is 11.3. The smallest absolute Gasteiger partial charge is 0.205 e. The van der Waals surface area contributed by atoms with Gasteiger partial charge >= 0.3 is 0 Å². The highest BCUT2D eigenvalue weighted by Gasteiger charge is 2.20. The second-order valence-electron chi connectivity index (χ2n) is 5.08. The monoisotopic (exact) mass is 256 g/mol. The SMILES string of the molecule is CCCn1ccnc1N1CCc2c(N)cccc2C1. The summed E-state index contributed by atoms with van der Waals surface area (Å²) in [5.74, 6) is 1.08. The Kier molecular flexibility index (Phi) is 3.15. The van der Waals surface area contributed by atoms with Gasteiger partial charge in [0.05, 0.1) is 0 Å². The lowest BCUT2D eigenvalue weighted by molar-refractivity contribution is 0.631. The Morgan fingerprint density at radius 1 is 1.37 bits per heavy atom. The number of nitrogen functional groups attached to an aromatic ring is 1. The lowest BCUT2D eigenvalue weighted by Crippen LogP contribution is -2.33. The van der Waals surface area contributed by atoms with Crippen LogP contribution < -0.4 is 10.6 Å². The Bertz CT molecular complexity index is 573. The Morgan fingerprint density at radius 3 is 3.11 bits per heavy atom. The van der Waals surface area contributed by atoms with Crippen molar-refractivity contribution < 1.29 is 0 Å². The lowest BCUT2D eigenvalue weighted by atomic mass is 9.98. The minimum absolute atomic E-state index is 0.904. The summed E-state index contributed by atoms with van der Waals surface area (Å²) >= 11 is 0. The number of nitrogens with two attached hydrogens (primary N) is 1. The first-order valence-corrected chi connectivity index (χ1v) is 6.92. The van der Waals surface area contributed by atoms with Crippen molar-refractivity contribution in [1.29, 1.82) is 0 Å². The van der Waals surface area contributed by atoms with Crippen molar-refractivity contribution in [3.8, 4) is 0 Å². The minimum atomic E-state index is 0.904. The fraction of sp³-hybridized carbons (Fsp3) is 0.400. The number of nitrogens with zero attached hydrogens (tertiary/aromatic N) is 3. The number of hydrogen-bond donors (Lipinski definition) is 1. The molecule has 1 aliphatic rings. The zero-order valence-electron chi connectivity index (χ0n) is 11.3. The number of anilines is 2. The normalized spacial score (nSPS) is 14.5. The first kappa shape index (κ1) is 12.1. The van der Waals surface area contributed by atoms with E-state index in [0.29, 0.717) is 0 Å². The number of aryl methyl sites for hydroxylation is 1. The van der Waals surface area contributed by atoms with Gasteiger partial charge in [0.25, 0.3) is 0 Å². The highest BCUT2D eigenvalue weighted by atomic mass is 15.3. The quantitative estimate of drug-likeness (QED) is 0.858. The van der Waals surface area contributed by atoms with Gasteiger partial charge in [0.2, 0.25) is 5.95 Å². The molecule has 0 fully saturated rings. The largest absolute Gasteiger partial charge is 0.398 e. The van der Waals surface area contributed by atoms with E-state index >= 15 is 0 Å². The van der Waals surface area contributed by atoms with Crippen molar-refractivity contribution in [2.45, 2.75) is 32.9 Å². The number of benzene rings is 1. The molecule has 19 heavy (non-hydrogen) atoms. The molecular formula is C15H20N4. The van der Waals surface area contributed by atoms with Crippen molar-refractivity contribution in [1.82, 2.24) is 9.55 Å². The number of imidazole rings is 1. The van der Waals surface area contributed by atoms with Gasteiger partial charge in [-0.3, -0.25) is 0 Å². The Labute approximate surface area is 113 Å². The van der Waals surface area contributed by atoms with Gasteiger partial charge in [0, 0.05) is 37.7 Å². The lowest BCUT2D eigenvalue weighted by Gasteiger charge is -2.30. The standard InChI is InChI=1S/C15H20N4/c1-2-8-18-10-7-17-15(18)19-9-6-13-12(11-19)4-3-5-14(13)16/h3-5,7,10H,2,6,8-9,11,16H2,1H3. The Balaban J connectivity index is 1.87. The molecule has 0 amide bonds. The van der Waals surface area contributed by atoms with Gasteiger partial charge in [0.15, 0.2) is 0 Å². The third kappa shape index (κ3) is 2.18. The second-order valence-corrected chi connectivity index (χ2v) is 5.08. The van der Waals surface area contributed by atoms with E-state index in [0.717, 1.165) is 44.1 Å². The van der Waals surface area contributed by atoms with Gasteiger partial charge in [0.1, 0.15) is 0 Å². The minimum Gasteiger partial charge on any atom is -0.398 e. The molecular weight excluding hydrogens is 236 g/mol. The summed E-state index contributed by atoms with van der Waals surface area (Å²) in [4.78, 5) is 6.86. The number of rotatable bonds is 3. The first-order valence-electron chi connectivity index (χ1n) is 6.92. The van der Waals surface area contributed by atoms with E-state index in [1.54, 1.807) is 0 Å². The number of hydrogen-bond acceptors (Lipinski definition) is 3. The summed E-state index contributed by atoms with van der Waals surface area (Å²) in [6.07, 6.45) is 6.08. The summed E-state index contributed by atoms with van der Waals surface area (Å²) in [5, 5.41) is 0. The average Bonchev–Trinajstić information content (AvgIpc) is 2.87. The molecule has 1 aromatic heterocycles. The number of aromatic nitrogens is 2. The highest BCUT2D eigenvalue weighted by molar-refractivity contribution is 5.54. The molecule has 0 saturated carbocycles. The van der Waals surface area contributed by atoms with Crippen LogP contribution in [0.4, 0.5) is 11.6 Å². The third-order valence-corrected chi connectivity index (χ3v) is 3.74. The maximum Gasteiger partial charge on any atom is 0.205 e. The molecule has 4 nitrogen and oxygen atoms in total. The third-order valence-electron chi connectivity index (χ3n) is 3.74. The fourth-order valence-corrected chi connectivity index (χ4v) is 2.81. The average molecular weight is 256 g/mol. The summed E-state index contributed by atoms with van der Waals surface area (Å²) in [6.45, 7) is 5.11. The maximum absolute atomic E-state index is 6.04. The van der Waals surface area contributed by atoms with Crippen molar-refractivity contribution in [3.63, 3.8) is 0 Å². The molecule has 0 aliphatic carbocycles. The van der Waals surface area contributed by atoms with Crippen LogP contribution in [0.3, 0.4) is 0 Å². The molecule has 1 aliphatic heterocycles. The van der Waals surface area contributed by atoms with Crippen LogP contribution in [-0.2, 0) is 19.5 Å². The van der Waals surface area contributed by atoms with Crippen LogP contribution in [0.5, 0.6) is 0 Å². The van der Waals surface area contributed by atoms with Gasteiger partial charge in [-0.25, -0.2) is 4.98 Å². The van der Waals surface area contributed by atoms with E-state index in [1.165, 1.54) is 11.1 Å². The van der Waals surface area contributed by atoms with Crippen molar-refractivity contribution in [3.05, 3.63) is 41.7 Å². The van der Waals surface area contributed by atoms with E-state index in [9.17, 15) is 0 Å². The van der Waals surface area contributed by atoms with E-state index in [1.807, 2.05) is 18.3 Å². The molecule has 2 aromatic rings. The van der Waals surface area contributed by atoms with E-state index < -0.39 is 0 Å². The topological polar surface area (TPSA) is 47.1 Å². The van der Waals surface area contributed by atoms with E-state index in [2.05, 4.69) is 33.6 Å². The van der Waals surface area contributed by atoms with E-state index in [-0.39, 0.29) is 0 Å². The Morgan fingerprint density at radius 2 is 2.26 bits per heavy atom. The molecule has 3 rings (SSSR count). The summed E-state index contributed by atoms with van der Waals surface area (Å²) in [7, 11) is 0. The van der Waals surface area contributed by atoms with Gasteiger partial charge in [-0.1, -0.05) is 19.1 Å². The van der Waals surface area contributed by atoms with Crippen molar-refractivity contribution in [2.24, 2.45) is 0 Å². The Hall–Kier alpha value is -1.97. The summed E-state index contributed by atoms with van der Waals surface area (Å²) < 4.78 is 2.23. The highest BCUT2D eigenvalue weighted by Crippen LogP contribution is 2.26. The van der Waals surface area contributed by atoms with Crippen LogP contribution in [0.2, 0.25) is 0 Å². The van der Waals surface area contributed by atoms with E-state index in [4.69, 9.17) is 5.73 Å². The zero-order chi connectivity index (χ0) is 13.2. The van der Waals surface area contributed by atoms with Gasteiger partial charge in [-0.2, -0.15) is 0 Å². The molecule has 0 unspecified atom stereocenters. The predicted molar refractivity (Wildman–Crippen MR) is 78.1 cm³/mol. The fourth-order valence-electron chi connectivity index (χ4n) is 2.81. The van der Waals surface area contributed by atoms with Gasteiger partial charge < -0.3 is 15.2 Å². The molecule has 2 heterocycles.